The summed E-state index contributed by atoms with van der Waals surface area (Å²) in [4.78, 5) is 14.1. The summed E-state index contributed by atoms with van der Waals surface area (Å²) in [5, 5.41) is 3.01. The number of rotatable bonds is 7. The first-order valence-electron chi connectivity index (χ1n) is 10.4. The summed E-state index contributed by atoms with van der Waals surface area (Å²) in [6.45, 7) is 4.06. The highest BCUT2D eigenvalue weighted by Gasteiger charge is 2.24. The number of ether oxygens (including phenoxy) is 2. The Morgan fingerprint density at radius 1 is 0.967 bits per heavy atom. The molecule has 4 rings (SSSR count). The number of amides is 1. The second-order valence-electron chi connectivity index (χ2n) is 7.51. The van der Waals surface area contributed by atoms with Gasteiger partial charge < -0.3 is 19.7 Å². The topological polar surface area (TPSA) is 52.0 Å². The Hall–Kier alpha value is -3.15. The van der Waals surface area contributed by atoms with Gasteiger partial charge in [-0.3, -0.25) is 4.79 Å². The third-order valence-corrected chi connectivity index (χ3v) is 5.19. The van der Waals surface area contributed by atoms with Crippen molar-refractivity contribution in [1.29, 1.82) is 0 Å². The van der Waals surface area contributed by atoms with Crippen molar-refractivity contribution < 1.29 is 19.2 Å². The Morgan fingerprint density at radius 2 is 1.70 bits per heavy atom. The molecule has 0 bridgehead atoms. The Morgan fingerprint density at radius 3 is 2.50 bits per heavy atom. The smallest absolute Gasteiger partial charge is 0.251 e. The SMILES string of the molecule is O=C(NC[C@@H]1C[NH+](Cc2ccccc2)CCO1)c1cccc(Oc2ccccc2)c1. The number of nitrogens with one attached hydrogen (secondary N) is 2. The second kappa shape index (κ2) is 10.1. The molecule has 0 saturated carbocycles. The molecular formula is C25H27N2O3+. The van der Waals surface area contributed by atoms with E-state index in [2.05, 4.69) is 29.6 Å². The highest BCUT2D eigenvalue weighted by molar-refractivity contribution is 5.94. The van der Waals surface area contributed by atoms with Crippen LogP contribution in [0.5, 0.6) is 11.5 Å². The molecule has 5 nitrogen and oxygen atoms in total. The van der Waals surface area contributed by atoms with Gasteiger partial charge in [0, 0.05) is 17.7 Å². The van der Waals surface area contributed by atoms with Crippen LogP contribution < -0.4 is 15.0 Å². The molecule has 3 aromatic carbocycles. The average molecular weight is 404 g/mol. The maximum Gasteiger partial charge on any atom is 0.251 e. The van der Waals surface area contributed by atoms with Crippen molar-refractivity contribution in [3.05, 3.63) is 96.1 Å². The first-order valence-corrected chi connectivity index (χ1v) is 10.4. The van der Waals surface area contributed by atoms with Gasteiger partial charge in [-0.1, -0.05) is 54.6 Å². The van der Waals surface area contributed by atoms with Gasteiger partial charge in [-0.2, -0.15) is 0 Å². The maximum absolute atomic E-state index is 12.6. The molecule has 0 aliphatic carbocycles. The number of para-hydroxylation sites is 1. The summed E-state index contributed by atoms with van der Waals surface area (Å²) in [5.74, 6) is 1.26. The van der Waals surface area contributed by atoms with Gasteiger partial charge in [-0.25, -0.2) is 0 Å². The molecule has 30 heavy (non-hydrogen) atoms. The molecule has 1 fully saturated rings. The molecule has 0 radical (unpaired) electrons. The lowest BCUT2D eigenvalue weighted by Crippen LogP contribution is -3.13. The minimum absolute atomic E-state index is 0.0187. The maximum atomic E-state index is 12.6. The van der Waals surface area contributed by atoms with Crippen LogP contribution in [0.3, 0.4) is 0 Å². The predicted molar refractivity (Wildman–Crippen MR) is 116 cm³/mol. The number of hydrogen-bond acceptors (Lipinski definition) is 3. The van der Waals surface area contributed by atoms with Crippen molar-refractivity contribution in [1.82, 2.24) is 5.32 Å². The first kappa shape index (κ1) is 20.1. The molecule has 1 amide bonds. The van der Waals surface area contributed by atoms with E-state index < -0.39 is 0 Å². The van der Waals surface area contributed by atoms with Crippen LogP contribution in [0.4, 0.5) is 0 Å². The molecule has 1 heterocycles. The van der Waals surface area contributed by atoms with E-state index >= 15 is 0 Å². The van der Waals surface area contributed by atoms with E-state index in [1.165, 1.54) is 10.5 Å². The van der Waals surface area contributed by atoms with Crippen molar-refractivity contribution >= 4 is 5.91 Å². The Bertz CT molecular complexity index is 947. The highest BCUT2D eigenvalue weighted by atomic mass is 16.5. The zero-order valence-corrected chi connectivity index (χ0v) is 16.9. The molecule has 0 aromatic heterocycles. The van der Waals surface area contributed by atoms with E-state index in [0.29, 0.717) is 24.5 Å². The molecule has 2 N–H and O–H groups in total. The molecule has 3 aromatic rings. The summed E-state index contributed by atoms with van der Waals surface area (Å²) in [6, 6.07) is 27.3. The molecule has 1 saturated heterocycles. The van der Waals surface area contributed by atoms with Crippen LogP contribution in [0.1, 0.15) is 15.9 Å². The van der Waals surface area contributed by atoms with Crippen LogP contribution in [-0.2, 0) is 11.3 Å². The molecule has 2 atom stereocenters. The van der Waals surface area contributed by atoms with E-state index in [-0.39, 0.29) is 12.0 Å². The van der Waals surface area contributed by atoms with Crippen molar-refractivity contribution in [2.24, 2.45) is 0 Å². The largest absolute Gasteiger partial charge is 0.457 e. The summed E-state index contributed by atoms with van der Waals surface area (Å²) in [6.07, 6.45) is 0.0187. The van der Waals surface area contributed by atoms with Crippen LogP contribution in [0.2, 0.25) is 0 Å². The second-order valence-corrected chi connectivity index (χ2v) is 7.51. The minimum Gasteiger partial charge on any atom is -0.457 e. The van der Waals surface area contributed by atoms with Crippen molar-refractivity contribution in [2.75, 3.05) is 26.2 Å². The summed E-state index contributed by atoms with van der Waals surface area (Å²) >= 11 is 0. The van der Waals surface area contributed by atoms with E-state index in [4.69, 9.17) is 9.47 Å². The summed E-state index contributed by atoms with van der Waals surface area (Å²) < 4.78 is 11.7. The van der Waals surface area contributed by atoms with Crippen LogP contribution >= 0.6 is 0 Å². The Labute approximate surface area is 177 Å². The number of hydrogen-bond donors (Lipinski definition) is 2. The van der Waals surface area contributed by atoms with E-state index in [9.17, 15) is 4.79 Å². The van der Waals surface area contributed by atoms with Gasteiger partial charge in [0.25, 0.3) is 5.91 Å². The minimum atomic E-state index is -0.118. The highest BCUT2D eigenvalue weighted by Crippen LogP contribution is 2.21. The Balaban J connectivity index is 1.29. The number of quaternary nitrogens is 1. The normalized spacial score (nSPS) is 18.5. The van der Waals surface area contributed by atoms with E-state index in [1.807, 2.05) is 48.5 Å². The third-order valence-electron chi connectivity index (χ3n) is 5.19. The lowest BCUT2D eigenvalue weighted by Gasteiger charge is -2.30. The van der Waals surface area contributed by atoms with E-state index in [0.717, 1.165) is 25.4 Å². The predicted octanol–water partition coefficient (Wildman–Crippen LogP) is 2.69. The molecule has 1 unspecified atom stereocenters. The third kappa shape index (κ3) is 5.69. The van der Waals surface area contributed by atoms with Gasteiger partial charge in [0.1, 0.15) is 37.2 Å². The van der Waals surface area contributed by atoms with Crippen LogP contribution in [0.25, 0.3) is 0 Å². The van der Waals surface area contributed by atoms with Gasteiger partial charge >= 0.3 is 0 Å². The van der Waals surface area contributed by atoms with E-state index in [1.54, 1.807) is 12.1 Å². The summed E-state index contributed by atoms with van der Waals surface area (Å²) in [5.41, 5.74) is 1.90. The van der Waals surface area contributed by atoms with Crippen molar-refractivity contribution in [2.45, 2.75) is 12.6 Å². The van der Waals surface area contributed by atoms with Gasteiger partial charge in [0.15, 0.2) is 0 Å². The lowest BCUT2D eigenvalue weighted by atomic mass is 10.1. The zero-order chi connectivity index (χ0) is 20.6. The van der Waals surface area contributed by atoms with Gasteiger partial charge in [-0.05, 0) is 30.3 Å². The molecule has 5 heteroatoms. The molecule has 1 aliphatic rings. The zero-order valence-electron chi connectivity index (χ0n) is 16.9. The lowest BCUT2D eigenvalue weighted by molar-refractivity contribution is -0.925. The number of carbonyl (C=O) groups excluding carboxylic acids is 1. The number of morpholine rings is 1. The van der Waals surface area contributed by atoms with Crippen LogP contribution in [-0.4, -0.2) is 38.3 Å². The van der Waals surface area contributed by atoms with Crippen molar-refractivity contribution in [3.8, 4) is 11.5 Å². The van der Waals surface area contributed by atoms with Crippen LogP contribution in [0.15, 0.2) is 84.9 Å². The van der Waals surface area contributed by atoms with Gasteiger partial charge in [-0.15, -0.1) is 0 Å². The fourth-order valence-electron chi connectivity index (χ4n) is 3.66. The van der Waals surface area contributed by atoms with Crippen LogP contribution in [0, 0.1) is 0 Å². The van der Waals surface area contributed by atoms with Gasteiger partial charge in [0.2, 0.25) is 0 Å². The van der Waals surface area contributed by atoms with Gasteiger partial charge in [0.05, 0.1) is 6.61 Å². The monoisotopic (exact) mass is 403 g/mol. The van der Waals surface area contributed by atoms with Crippen molar-refractivity contribution in [3.63, 3.8) is 0 Å². The first-order chi connectivity index (χ1) is 14.8. The molecule has 0 spiro atoms. The standard InChI is InChI=1S/C25H26N2O3/c28-25(21-10-7-13-23(16-21)30-22-11-5-2-6-12-22)26-17-24-19-27(14-15-29-24)18-20-8-3-1-4-9-20/h1-13,16,24H,14-15,17-19H2,(H,26,28)/p+1/t24-/m1/s1. The fourth-order valence-corrected chi connectivity index (χ4v) is 3.66. The quantitative estimate of drug-likeness (QED) is 0.638. The fraction of sp³-hybridized carbons (Fsp3) is 0.240. The molecular weight excluding hydrogens is 376 g/mol. The molecule has 1 aliphatic heterocycles. The molecule has 154 valence electrons. The number of benzene rings is 3. The Kier molecular flexibility index (Phi) is 6.75. The number of carbonyl (C=O) groups is 1. The summed E-state index contributed by atoms with van der Waals surface area (Å²) in [7, 11) is 0. The average Bonchev–Trinajstić information content (AvgIpc) is 2.79.